The molecule has 0 radical (unpaired) electrons. The van der Waals surface area contributed by atoms with E-state index in [9.17, 15) is 0 Å². The van der Waals surface area contributed by atoms with Crippen LogP contribution in [-0.2, 0) is 6.42 Å². The minimum Gasteiger partial charge on any atom is -0.493 e. The molecule has 142 valence electrons. The number of methoxy groups -OCH3 is 2. The van der Waals surface area contributed by atoms with Gasteiger partial charge in [0.2, 0.25) is 5.89 Å². The molecule has 1 fully saturated rings. The number of fused-ring (bicyclic) bond motifs is 1. The first-order valence-electron chi connectivity index (χ1n) is 9.18. The van der Waals surface area contributed by atoms with Crippen molar-refractivity contribution in [2.75, 3.05) is 32.2 Å². The largest absolute Gasteiger partial charge is 0.493 e. The summed E-state index contributed by atoms with van der Waals surface area (Å²) in [6.07, 6.45) is 4.42. The zero-order chi connectivity index (χ0) is 18.8. The normalized spacial score (nSPS) is 15.3. The number of nitrogens with zero attached hydrogens (tertiary/aromatic N) is 5. The first-order chi connectivity index (χ1) is 13.2. The van der Waals surface area contributed by atoms with Gasteiger partial charge in [-0.25, -0.2) is 0 Å². The van der Waals surface area contributed by atoms with E-state index in [2.05, 4.69) is 25.2 Å². The molecule has 1 saturated heterocycles. The lowest BCUT2D eigenvalue weighted by atomic mass is 9.96. The Labute approximate surface area is 157 Å². The van der Waals surface area contributed by atoms with Crippen LogP contribution in [0.5, 0.6) is 11.5 Å². The number of hydrogen-bond donors (Lipinski definition) is 0. The van der Waals surface area contributed by atoms with Crippen molar-refractivity contribution in [3.8, 4) is 11.5 Å². The molecule has 0 N–H and O–H groups in total. The maximum atomic E-state index is 5.46. The number of aromatic nitrogens is 4. The van der Waals surface area contributed by atoms with Gasteiger partial charge in [-0.1, -0.05) is 12.1 Å². The quantitative estimate of drug-likeness (QED) is 0.678. The fourth-order valence-corrected chi connectivity index (χ4v) is 3.54. The second kappa shape index (κ2) is 7.38. The zero-order valence-corrected chi connectivity index (χ0v) is 15.8. The average Bonchev–Trinajstić information content (AvgIpc) is 3.21. The molecule has 0 amide bonds. The fraction of sp³-hybridized carbons (Fsp3) is 0.474. The van der Waals surface area contributed by atoms with Crippen LogP contribution in [0.2, 0.25) is 0 Å². The molecule has 4 rings (SSSR count). The number of hydrogen-bond acceptors (Lipinski definition) is 8. The molecule has 0 bridgehead atoms. The fourth-order valence-electron chi connectivity index (χ4n) is 3.54. The van der Waals surface area contributed by atoms with Crippen LogP contribution in [-0.4, -0.2) is 47.6 Å². The molecule has 0 spiro atoms. The van der Waals surface area contributed by atoms with Crippen LogP contribution in [0.3, 0.4) is 0 Å². The van der Waals surface area contributed by atoms with Gasteiger partial charge in [0, 0.05) is 36.2 Å². The summed E-state index contributed by atoms with van der Waals surface area (Å²) < 4.78 is 16.3. The standard InChI is InChI=1S/C19H23N5O3/c1-4-17-21-19(27-23-17)12-5-7-24(8-6-12)18-14-10-16(26-3)15(25-2)9-13(14)11-20-22-18/h9-12H,4-8H2,1-3H3. The molecule has 1 aromatic carbocycles. The van der Waals surface area contributed by atoms with Crippen molar-refractivity contribution in [2.45, 2.75) is 32.1 Å². The van der Waals surface area contributed by atoms with E-state index in [4.69, 9.17) is 14.0 Å². The van der Waals surface area contributed by atoms with E-state index in [0.717, 1.165) is 60.7 Å². The van der Waals surface area contributed by atoms with Gasteiger partial charge < -0.3 is 18.9 Å². The van der Waals surface area contributed by atoms with Gasteiger partial charge in [0.1, 0.15) is 0 Å². The van der Waals surface area contributed by atoms with Gasteiger partial charge in [0.15, 0.2) is 23.1 Å². The molecule has 1 aliphatic heterocycles. The van der Waals surface area contributed by atoms with Crippen LogP contribution in [0.25, 0.3) is 10.8 Å². The van der Waals surface area contributed by atoms with E-state index in [1.54, 1.807) is 20.4 Å². The second-order valence-electron chi connectivity index (χ2n) is 6.63. The number of rotatable bonds is 5. The molecule has 2 aromatic heterocycles. The maximum absolute atomic E-state index is 5.46. The Hall–Kier alpha value is -2.90. The van der Waals surface area contributed by atoms with Crippen molar-refractivity contribution in [2.24, 2.45) is 0 Å². The predicted octanol–water partition coefficient (Wildman–Crippen LogP) is 2.98. The number of aryl methyl sites for hydroxylation is 1. The summed E-state index contributed by atoms with van der Waals surface area (Å²) in [4.78, 5) is 6.75. The monoisotopic (exact) mass is 369 g/mol. The van der Waals surface area contributed by atoms with Crippen molar-refractivity contribution in [3.63, 3.8) is 0 Å². The summed E-state index contributed by atoms with van der Waals surface area (Å²) in [5, 5.41) is 14.6. The van der Waals surface area contributed by atoms with Crippen LogP contribution in [0, 0.1) is 0 Å². The van der Waals surface area contributed by atoms with Crippen LogP contribution in [0.4, 0.5) is 5.82 Å². The number of ether oxygens (including phenoxy) is 2. The molecule has 3 aromatic rings. The highest BCUT2D eigenvalue weighted by Gasteiger charge is 2.27. The first kappa shape index (κ1) is 17.5. The van der Waals surface area contributed by atoms with Gasteiger partial charge in [-0.15, -0.1) is 5.10 Å². The van der Waals surface area contributed by atoms with Gasteiger partial charge in [0.05, 0.1) is 20.4 Å². The van der Waals surface area contributed by atoms with Crippen molar-refractivity contribution >= 4 is 16.6 Å². The minimum absolute atomic E-state index is 0.298. The summed E-state index contributed by atoms with van der Waals surface area (Å²) in [6, 6.07) is 3.90. The lowest BCUT2D eigenvalue weighted by Gasteiger charge is -2.31. The highest BCUT2D eigenvalue weighted by atomic mass is 16.5. The third-order valence-electron chi connectivity index (χ3n) is 5.09. The Morgan fingerprint density at radius 3 is 2.56 bits per heavy atom. The highest BCUT2D eigenvalue weighted by molar-refractivity contribution is 5.94. The third-order valence-corrected chi connectivity index (χ3v) is 5.09. The Morgan fingerprint density at radius 2 is 1.89 bits per heavy atom. The van der Waals surface area contributed by atoms with E-state index in [-0.39, 0.29) is 0 Å². The smallest absolute Gasteiger partial charge is 0.229 e. The summed E-state index contributed by atoms with van der Waals surface area (Å²) in [6.45, 7) is 3.74. The number of anilines is 1. The first-order valence-corrected chi connectivity index (χ1v) is 9.18. The Bertz CT molecular complexity index is 934. The molecule has 0 unspecified atom stereocenters. The third kappa shape index (κ3) is 3.27. The average molecular weight is 369 g/mol. The Morgan fingerprint density at radius 1 is 1.15 bits per heavy atom. The molecule has 0 atom stereocenters. The molecular weight excluding hydrogens is 346 g/mol. The topological polar surface area (TPSA) is 86.4 Å². The molecule has 27 heavy (non-hydrogen) atoms. The van der Waals surface area contributed by atoms with Crippen molar-refractivity contribution in [1.29, 1.82) is 0 Å². The van der Waals surface area contributed by atoms with E-state index >= 15 is 0 Å². The van der Waals surface area contributed by atoms with E-state index < -0.39 is 0 Å². The van der Waals surface area contributed by atoms with Gasteiger partial charge >= 0.3 is 0 Å². The highest BCUT2D eigenvalue weighted by Crippen LogP contribution is 2.37. The SMILES string of the molecule is CCc1noc(C2CCN(c3nncc4cc(OC)c(OC)cc34)CC2)n1. The molecule has 0 saturated carbocycles. The van der Waals surface area contributed by atoms with E-state index in [0.29, 0.717) is 17.4 Å². The summed E-state index contributed by atoms with van der Waals surface area (Å²) >= 11 is 0. The lowest BCUT2D eigenvalue weighted by molar-refractivity contribution is 0.326. The van der Waals surface area contributed by atoms with Crippen molar-refractivity contribution < 1.29 is 14.0 Å². The van der Waals surface area contributed by atoms with Crippen LogP contribution < -0.4 is 14.4 Å². The van der Waals surface area contributed by atoms with Gasteiger partial charge in [-0.3, -0.25) is 0 Å². The lowest BCUT2D eigenvalue weighted by Crippen LogP contribution is -2.33. The van der Waals surface area contributed by atoms with Crippen LogP contribution in [0.15, 0.2) is 22.9 Å². The Balaban J connectivity index is 1.58. The molecule has 8 nitrogen and oxygen atoms in total. The second-order valence-corrected chi connectivity index (χ2v) is 6.63. The van der Waals surface area contributed by atoms with Gasteiger partial charge in [-0.2, -0.15) is 10.1 Å². The minimum atomic E-state index is 0.298. The summed E-state index contributed by atoms with van der Waals surface area (Å²) in [5.41, 5.74) is 0. The van der Waals surface area contributed by atoms with Crippen molar-refractivity contribution in [1.82, 2.24) is 20.3 Å². The maximum Gasteiger partial charge on any atom is 0.229 e. The molecule has 3 heterocycles. The summed E-state index contributed by atoms with van der Waals surface area (Å²) in [7, 11) is 3.27. The van der Waals surface area contributed by atoms with Crippen LogP contribution in [0.1, 0.15) is 37.4 Å². The number of benzene rings is 1. The van der Waals surface area contributed by atoms with Crippen molar-refractivity contribution in [3.05, 3.63) is 30.0 Å². The molecule has 8 heteroatoms. The predicted molar refractivity (Wildman–Crippen MR) is 101 cm³/mol. The van der Waals surface area contributed by atoms with Crippen LogP contribution >= 0.6 is 0 Å². The van der Waals surface area contributed by atoms with Gasteiger partial charge in [-0.05, 0) is 25.0 Å². The Kier molecular flexibility index (Phi) is 4.79. The summed E-state index contributed by atoms with van der Waals surface area (Å²) in [5.74, 6) is 4.06. The van der Waals surface area contributed by atoms with Gasteiger partial charge in [0.25, 0.3) is 0 Å². The molecule has 1 aliphatic rings. The zero-order valence-electron chi connectivity index (χ0n) is 15.8. The molecular formula is C19H23N5O3. The van der Waals surface area contributed by atoms with E-state index in [1.807, 2.05) is 19.1 Å². The number of piperidine rings is 1. The molecule has 0 aliphatic carbocycles. The van der Waals surface area contributed by atoms with E-state index in [1.165, 1.54) is 0 Å².